The standard InChI is InChI=1S/C17H24ClNO2/c18-15-10-8-14(9-11-15)17(13-5-1-2-6-13)19-12-4-3-7-16(20)21/h8-11,13,17,19H,1-7,12H2,(H,20,21). The zero-order chi connectivity index (χ0) is 15.1. The zero-order valence-corrected chi connectivity index (χ0v) is 13.1. The number of hydrogen-bond acceptors (Lipinski definition) is 2. The molecule has 0 aliphatic heterocycles. The van der Waals surface area contributed by atoms with Crippen molar-refractivity contribution in [2.24, 2.45) is 5.92 Å². The minimum Gasteiger partial charge on any atom is -0.481 e. The van der Waals surface area contributed by atoms with Gasteiger partial charge in [0.1, 0.15) is 0 Å². The molecule has 1 aromatic carbocycles. The molecule has 0 radical (unpaired) electrons. The lowest BCUT2D eigenvalue weighted by Gasteiger charge is -2.25. The number of hydrogen-bond donors (Lipinski definition) is 2. The maximum absolute atomic E-state index is 10.5. The third-order valence-corrected chi connectivity index (χ3v) is 4.53. The highest BCUT2D eigenvalue weighted by atomic mass is 35.5. The van der Waals surface area contributed by atoms with Crippen LogP contribution in [0.25, 0.3) is 0 Å². The van der Waals surface area contributed by atoms with E-state index in [-0.39, 0.29) is 6.42 Å². The van der Waals surface area contributed by atoms with Crippen molar-refractivity contribution < 1.29 is 9.90 Å². The Hall–Kier alpha value is -1.06. The van der Waals surface area contributed by atoms with Crippen molar-refractivity contribution in [2.75, 3.05) is 6.54 Å². The summed E-state index contributed by atoms with van der Waals surface area (Å²) in [5.74, 6) is -0.0225. The minimum atomic E-state index is -0.708. The van der Waals surface area contributed by atoms with Gasteiger partial charge in [0.25, 0.3) is 0 Å². The van der Waals surface area contributed by atoms with Crippen LogP contribution < -0.4 is 5.32 Å². The van der Waals surface area contributed by atoms with Gasteiger partial charge < -0.3 is 10.4 Å². The van der Waals surface area contributed by atoms with Crippen LogP contribution in [0.1, 0.15) is 56.6 Å². The first kappa shape index (κ1) is 16.3. The molecule has 0 aromatic heterocycles. The van der Waals surface area contributed by atoms with E-state index in [0.29, 0.717) is 12.0 Å². The van der Waals surface area contributed by atoms with E-state index in [1.807, 2.05) is 12.1 Å². The lowest BCUT2D eigenvalue weighted by Crippen LogP contribution is -2.28. The molecule has 3 nitrogen and oxygen atoms in total. The SMILES string of the molecule is O=C(O)CCCCNC(c1ccc(Cl)cc1)C1CCCC1. The van der Waals surface area contributed by atoms with Crippen molar-refractivity contribution in [1.82, 2.24) is 5.32 Å². The van der Waals surface area contributed by atoms with Crippen LogP contribution in [0.2, 0.25) is 5.02 Å². The van der Waals surface area contributed by atoms with Crippen molar-refractivity contribution in [2.45, 2.75) is 51.0 Å². The largest absolute Gasteiger partial charge is 0.481 e. The summed E-state index contributed by atoms with van der Waals surface area (Å²) in [4.78, 5) is 10.5. The fourth-order valence-corrected chi connectivity index (χ4v) is 3.30. The molecule has 1 aromatic rings. The predicted molar refractivity (Wildman–Crippen MR) is 85.6 cm³/mol. The fourth-order valence-electron chi connectivity index (χ4n) is 3.18. The van der Waals surface area contributed by atoms with Gasteiger partial charge in [0, 0.05) is 17.5 Å². The quantitative estimate of drug-likeness (QED) is 0.699. The number of halogens is 1. The van der Waals surface area contributed by atoms with Gasteiger partial charge in [0.2, 0.25) is 0 Å². The monoisotopic (exact) mass is 309 g/mol. The number of nitrogens with one attached hydrogen (secondary N) is 1. The smallest absolute Gasteiger partial charge is 0.303 e. The Kier molecular flexibility index (Phi) is 6.52. The Morgan fingerprint density at radius 2 is 1.90 bits per heavy atom. The molecular formula is C17H24ClNO2. The Morgan fingerprint density at radius 3 is 2.52 bits per heavy atom. The summed E-state index contributed by atoms with van der Waals surface area (Å²) < 4.78 is 0. The third-order valence-electron chi connectivity index (χ3n) is 4.28. The predicted octanol–water partition coefficient (Wildman–Crippen LogP) is 4.42. The Balaban J connectivity index is 1.89. The van der Waals surface area contributed by atoms with Crippen LogP contribution in [-0.2, 0) is 4.79 Å². The van der Waals surface area contributed by atoms with Crippen LogP contribution in [0.5, 0.6) is 0 Å². The first-order chi connectivity index (χ1) is 10.2. The molecular weight excluding hydrogens is 286 g/mol. The number of unbranched alkanes of at least 4 members (excludes halogenated alkanes) is 1. The van der Waals surface area contributed by atoms with Crippen LogP contribution in [0.3, 0.4) is 0 Å². The number of rotatable bonds is 8. The van der Waals surface area contributed by atoms with Gasteiger partial charge in [-0.2, -0.15) is 0 Å². The summed E-state index contributed by atoms with van der Waals surface area (Å²) >= 11 is 5.98. The molecule has 0 amide bonds. The van der Waals surface area contributed by atoms with E-state index in [0.717, 1.165) is 24.4 Å². The normalized spacial score (nSPS) is 17.0. The van der Waals surface area contributed by atoms with Crippen LogP contribution in [0.4, 0.5) is 0 Å². The Morgan fingerprint density at radius 1 is 1.24 bits per heavy atom. The van der Waals surface area contributed by atoms with Crippen molar-refractivity contribution in [3.8, 4) is 0 Å². The maximum atomic E-state index is 10.5. The van der Waals surface area contributed by atoms with Gasteiger partial charge in [-0.3, -0.25) is 4.79 Å². The van der Waals surface area contributed by atoms with Crippen molar-refractivity contribution in [3.63, 3.8) is 0 Å². The topological polar surface area (TPSA) is 49.3 Å². The Bertz CT molecular complexity index is 441. The van der Waals surface area contributed by atoms with E-state index in [4.69, 9.17) is 16.7 Å². The fraction of sp³-hybridized carbons (Fsp3) is 0.588. The van der Waals surface area contributed by atoms with Gasteiger partial charge in [0.15, 0.2) is 0 Å². The zero-order valence-electron chi connectivity index (χ0n) is 12.4. The molecule has 4 heteroatoms. The van der Waals surface area contributed by atoms with Gasteiger partial charge in [0.05, 0.1) is 0 Å². The third kappa shape index (κ3) is 5.33. The van der Waals surface area contributed by atoms with Crippen LogP contribution in [0, 0.1) is 5.92 Å². The summed E-state index contributed by atoms with van der Waals surface area (Å²) in [5.41, 5.74) is 1.30. The highest BCUT2D eigenvalue weighted by molar-refractivity contribution is 6.30. The lowest BCUT2D eigenvalue weighted by atomic mass is 9.91. The second kappa shape index (κ2) is 8.40. The summed E-state index contributed by atoms with van der Waals surface area (Å²) in [6.45, 7) is 0.872. The summed E-state index contributed by atoms with van der Waals surface area (Å²) in [7, 11) is 0. The molecule has 2 rings (SSSR count). The Labute approximate surface area is 131 Å². The minimum absolute atomic E-state index is 0.261. The number of benzene rings is 1. The number of carbonyl (C=O) groups is 1. The van der Waals surface area contributed by atoms with Crippen molar-refractivity contribution in [1.29, 1.82) is 0 Å². The highest BCUT2D eigenvalue weighted by Gasteiger charge is 2.25. The van der Waals surface area contributed by atoms with E-state index in [2.05, 4.69) is 17.4 Å². The molecule has 1 unspecified atom stereocenters. The summed E-state index contributed by atoms with van der Waals surface area (Å²) in [6, 6.07) is 8.48. The van der Waals surface area contributed by atoms with E-state index in [1.54, 1.807) is 0 Å². The maximum Gasteiger partial charge on any atom is 0.303 e. The van der Waals surface area contributed by atoms with E-state index < -0.39 is 5.97 Å². The number of aliphatic carboxylic acids is 1. The molecule has 116 valence electrons. The average molecular weight is 310 g/mol. The van der Waals surface area contributed by atoms with Gasteiger partial charge in [-0.15, -0.1) is 0 Å². The van der Waals surface area contributed by atoms with Gasteiger partial charge in [-0.05, 0) is 55.8 Å². The second-order valence-corrected chi connectivity index (χ2v) is 6.32. The number of carboxylic acids is 1. The molecule has 1 aliphatic rings. The van der Waals surface area contributed by atoms with Gasteiger partial charge in [-0.25, -0.2) is 0 Å². The van der Waals surface area contributed by atoms with E-state index in [1.165, 1.54) is 31.2 Å². The molecule has 0 bridgehead atoms. The highest BCUT2D eigenvalue weighted by Crippen LogP contribution is 2.36. The molecule has 1 saturated carbocycles. The van der Waals surface area contributed by atoms with Crippen molar-refractivity contribution >= 4 is 17.6 Å². The summed E-state index contributed by atoms with van der Waals surface area (Å²) in [6.07, 6.45) is 7.08. The van der Waals surface area contributed by atoms with E-state index >= 15 is 0 Å². The second-order valence-electron chi connectivity index (χ2n) is 5.88. The molecule has 21 heavy (non-hydrogen) atoms. The van der Waals surface area contributed by atoms with Gasteiger partial charge >= 0.3 is 5.97 Å². The van der Waals surface area contributed by atoms with Crippen LogP contribution in [-0.4, -0.2) is 17.6 Å². The molecule has 1 aliphatic carbocycles. The van der Waals surface area contributed by atoms with Crippen LogP contribution in [0.15, 0.2) is 24.3 Å². The van der Waals surface area contributed by atoms with Crippen LogP contribution >= 0.6 is 11.6 Å². The van der Waals surface area contributed by atoms with E-state index in [9.17, 15) is 4.79 Å². The molecule has 2 N–H and O–H groups in total. The molecule has 0 saturated heterocycles. The molecule has 1 fully saturated rings. The lowest BCUT2D eigenvalue weighted by molar-refractivity contribution is -0.137. The molecule has 0 heterocycles. The first-order valence-corrected chi connectivity index (χ1v) is 8.25. The molecule has 1 atom stereocenters. The summed E-state index contributed by atoms with van der Waals surface area (Å²) in [5, 5.41) is 13.1. The number of carboxylic acid groups (broad SMARTS) is 1. The van der Waals surface area contributed by atoms with Crippen molar-refractivity contribution in [3.05, 3.63) is 34.9 Å². The van der Waals surface area contributed by atoms with Gasteiger partial charge in [-0.1, -0.05) is 36.6 Å². The first-order valence-electron chi connectivity index (χ1n) is 7.87. The average Bonchev–Trinajstić information content (AvgIpc) is 2.98. The molecule has 0 spiro atoms.